The van der Waals surface area contributed by atoms with Crippen LogP contribution in [0.5, 0.6) is 0 Å². The van der Waals surface area contributed by atoms with Crippen LogP contribution in [0.15, 0.2) is 11.4 Å². The van der Waals surface area contributed by atoms with Crippen molar-refractivity contribution in [2.45, 2.75) is 13.0 Å². The molecule has 3 N–H and O–H groups in total. The van der Waals surface area contributed by atoms with E-state index in [2.05, 4.69) is 5.43 Å². The van der Waals surface area contributed by atoms with Crippen LogP contribution >= 0.6 is 11.3 Å². The third-order valence-electron chi connectivity index (χ3n) is 1.98. The molecule has 5 nitrogen and oxygen atoms in total. The molecule has 0 fully saturated rings. The van der Waals surface area contributed by atoms with Crippen LogP contribution in [0.3, 0.4) is 0 Å². The minimum atomic E-state index is -0.273. The number of carbonyl (C=O) groups excluding carboxylic acids is 1. The van der Waals surface area contributed by atoms with E-state index in [1.165, 1.54) is 11.3 Å². The van der Waals surface area contributed by atoms with Gasteiger partial charge in [-0.05, 0) is 17.9 Å². The molecule has 1 amide bonds. The van der Waals surface area contributed by atoms with Gasteiger partial charge in [0.2, 0.25) is 0 Å². The molecule has 1 rings (SSSR count). The van der Waals surface area contributed by atoms with Crippen LogP contribution in [0.2, 0.25) is 0 Å². The number of ether oxygens (including phenoxy) is 2. The molecule has 0 aliphatic rings. The number of hydrazine groups is 1. The quantitative estimate of drug-likeness (QED) is 0.323. The van der Waals surface area contributed by atoms with Crippen molar-refractivity contribution in [3.05, 3.63) is 21.9 Å². The molecule has 1 aromatic heterocycles. The fraction of sp³-hybridized carbons (Fsp3) is 0.500. The Bertz CT molecular complexity index is 328. The Morgan fingerprint density at radius 3 is 3.06 bits per heavy atom. The van der Waals surface area contributed by atoms with E-state index in [9.17, 15) is 4.79 Å². The summed E-state index contributed by atoms with van der Waals surface area (Å²) in [7, 11) is 1.66. The fourth-order valence-electron chi connectivity index (χ4n) is 1.20. The highest BCUT2D eigenvalue weighted by Gasteiger charge is 2.11. The molecule has 6 heteroatoms. The van der Waals surface area contributed by atoms with Crippen molar-refractivity contribution in [1.29, 1.82) is 0 Å². The van der Waals surface area contributed by atoms with E-state index in [-0.39, 0.29) is 5.91 Å². The summed E-state index contributed by atoms with van der Waals surface area (Å²) in [5, 5.41) is 1.85. The number of hydrogen-bond acceptors (Lipinski definition) is 5. The van der Waals surface area contributed by atoms with E-state index in [0.29, 0.717) is 24.7 Å². The summed E-state index contributed by atoms with van der Waals surface area (Å²) >= 11 is 1.35. The lowest BCUT2D eigenvalue weighted by molar-refractivity contribution is 0.0892. The molecular formula is C10H16N2O3S. The summed E-state index contributed by atoms with van der Waals surface area (Å²) in [5.74, 6) is 4.80. The van der Waals surface area contributed by atoms with Gasteiger partial charge in [0.25, 0.3) is 5.91 Å². The van der Waals surface area contributed by atoms with Crippen LogP contribution in [-0.4, -0.2) is 26.2 Å². The molecule has 0 bridgehead atoms. The van der Waals surface area contributed by atoms with Crippen LogP contribution in [-0.2, 0) is 16.1 Å². The molecule has 0 aromatic carbocycles. The second-order valence-corrected chi connectivity index (χ2v) is 4.06. The molecule has 1 aromatic rings. The standard InChI is InChI=1S/C10H16N2O3S/c1-14-4-2-5-15-7-8-3-6-16-9(8)10(13)12-11/h3,6H,2,4-5,7,11H2,1H3,(H,12,13). The Morgan fingerprint density at radius 2 is 2.38 bits per heavy atom. The van der Waals surface area contributed by atoms with Gasteiger partial charge in [-0.3, -0.25) is 10.2 Å². The van der Waals surface area contributed by atoms with Crippen LogP contribution in [0.1, 0.15) is 21.7 Å². The fourth-order valence-corrected chi connectivity index (χ4v) is 2.01. The zero-order chi connectivity index (χ0) is 11.8. The molecule has 0 saturated heterocycles. The van der Waals surface area contributed by atoms with Gasteiger partial charge in [0.05, 0.1) is 11.5 Å². The zero-order valence-corrected chi connectivity index (χ0v) is 10.0. The molecule has 90 valence electrons. The Balaban J connectivity index is 2.36. The van der Waals surface area contributed by atoms with Crippen LogP contribution in [0.4, 0.5) is 0 Å². The van der Waals surface area contributed by atoms with Crippen molar-refractivity contribution in [3.8, 4) is 0 Å². The third kappa shape index (κ3) is 3.90. The number of thiophene rings is 1. The highest BCUT2D eigenvalue weighted by molar-refractivity contribution is 7.12. The Morgan fingerprint density at radius 1 is 1.56 bits per heavy atom. The zero-order valence-electron chi connectivity index (χ0n) is 9.19. The predicted octanol–water partition coefficient (Wildman–Crippen LogP) is 0.905. The molecular weight excluding hydrogens is 228 g/mol. The van der Waals surface area contributed by atoms with Gasteiger partial charge in [-0.25, -0.2) is 5.84 Å². The Labute approximate surface area is 98.5 Å². The maximum Gasteiger partial charge on any atom is 0.275 e. The van der Waals surface area contributed by atoms with Gasteiger partial charge in [-0.2, -0.15) is 0 Å². The van der Waals surface area contributed by atoms with E-state index in [4.69, 9.17) is 15.3 Å². The molecule has 0 aliphatic carbocycles. The van der Waals surface area contributed by atoms with Gasteiger partial charge < -0.3 is 9.47 Å². The first-order valence-electron chi connectivity index (χ1n) is 4.93. The number of hydrogen-bond donors (Lipinski definition) is 2. The number of nitrogens with two attached hydrogens (primary N) is 1. The average molecular weight is 244 g/mol. The largest absolute Gasteiger partial charge is 0.385 e. The highest BCUT2D eigenvalue weighted by Crippen LogP contribution is 2.17. The third-order valence-corrected chi connectivity index (χ3v) is 2.93. The number of nitrogen functional groups attached to an aromatic ring is 1. The monoisotopic (exact) mass is 244 g/mol. The van der Waals surface area contributed by atoms with E-state index in [1.807, 2.05) is 11.4 Å². The molecule has 0 atom stereocenters. The predicted molar refractivity (Wildman–Crippen MR) is 62.1 cm³/mol. The van der Waals surface area contributed by atoms with Crippen LogP contribution < -0.4 is 11.3 Å². The molecule has 0 unspecified atom stereocenters. The van der Waals surface area contributed by atoms with Crippen molar-refractivity contribution >= 4 is 17.2 Å². The summed E-state index contributed by atoms with van der Waals surface area (Å²) in [4.78, 5) is 11.9. The summed E-state index contributed by atoms with van der Waals surface area (Å²) in [6, 6.07) is 1.87. The average Bonchev–Trinajstić information content (AvgIpc) is 2.76. The molecule has 0 aliphatic heterocycles. The molecule has 16 heavy (non-hydrogen) atoms. The van der Waals surface area contributed by atoms with Crippen LogP contribution in [0, 0.1) is 0 Å². The summed E-state index contributed by atoms with van der Waals surface area (Å²) in [5.41, 5.74) is 2.98. The number of amides is 1. The van der Waals surface area contributed by atoms with Crippen molar-refractivity contribution in [2.75, 3.05) is 20.3 Å². The first-order chi connectivity index (χ1) is 7.79. The normalized spacial score (nSPS) is 10.4. The van der Waals surface area contributed by atoms with Gasteiger partial charge >= 0.3 is 0 Å². The lowest BCUT2D eigenvalue weighted by atomic mass is 10.2. The minimum Gasteiger partial charge on any atom is -0.385 e. The van der Waals surface area contributed by atoms with Crippen molar-refractivity contribution in [3.63, 3.8) is 0 Å². The molecule has 0 spiro atoms. The summed E-state index contributed by atoms with van der Waals surface area (Å²) < 4.78 is 10.3. The number of methoxy groups -OCH3 is 1. The van der Waals surface area contributed by atoms with Crippen LogP contribution in [0.25, 0.3) is 0 Å². The second kappa shape index (κ2) is 7.34. The SMILES string of the molecule is COCCCOCc1ccsc1C(=O)NN. The van der Waals surface area contributed by atoms with Gasteiger partial charge in [-0.1, -0.05) is 0 Å². The summed E-state index contributed by atoms with van der Waals surface area (Å²) in [6.45, 7) is 1.73. The van der Waals surface area contributed by atoms with E-state index < -0.39 is 0 Å². The molecule has 0 radical (unpaired) electrons. The number of nitrogens with one attached hydrogen (secondary N) is 1. The minimum absolute atomic E-state index is 0.273. The maximum absolute atomic E-state index is 11.3. The topological polar surface area (TPSA) is 73.6 Å². The Hall–Kier alpha value is -0.950. The van der Waals surface area contributed by atoms with Gasteiger partial charge in [-0.15, -0.1) is 11.3 Å². The molecule has 1 heterocycles. The van der Waals surface area contributed by atoms with E-state index in [0.717, 1.165) is 12.0 Å². The van der Waals surface area contributed by atoms with Crippen molar-refractivity contribution in [2.24, 2.45) is 5.84 Å². The lowest BCUT2D eigenvalue weighted by Gasteiger charge is -2.04. The maximum atomic E-state index is 11.3. The van der Waals surface area contributed by atoms with Crippen molar-refractivity contribution in [1.82, 2.24) is 5.43 Å². The number of rotatable bonds is 7. The van der Waals surface area contributed by atoms with E-state index in [1.54, 1.807) is 7.11 Å². The summed E-state index contributed by atoms with van der Waals surface area (Å²) in [6.07, 6.45) is 0.846. The first kappa shape index (κ1) is 13.1. The second-order valence-electron chi connectivity index (χ2n) is 3.15. The lowest BCUT2D eigenvalue weighted by Crippen LogP contribution is -2.30. The Kier molecular flexibility index (Phi) is 6.02. The smallest absolute Gasteiger partial charge is 0.275 e. The highest BCUT2D eigenvalue weighted by atomic mass is 32.1. The number of carbonyl (C=O) groups is 1. The molecule has 0 saturated carbocycles. The van der Waals surface area contributed by atoms with Crippen molar-refractivity contribution < 1.29 is 14.3 Å². The van der Waals surface area contributed by atoms with E-state index >= 15 is 0 Å². The first-order valence-corrected chi connectivity index (χ1v) is 5.81. The van der Waals surface area contributed by atoms with Gasteiger partial charge in [0, 0.05) is 25.9 Å². The van der Waals surface area contributed by atoms with Gasteiger partial charge in [0.1, 0.15) is 0 Å². The van der Waals surface area contributed by atoms with Gasteiger partial charge in [0.15, 0.2) is 0 Å².